The third-order valence-electron chi connectivity index (χ3n) is 3.14. The molecule has 0 heterocycles. The van der Waals surface area contributed by atoms with Gasteiger partial charge in [-0.1, -0.05) is 37.3 Å². The van der Waals surface area contributed by atoms with Gasteiger partial charge in [-0.3, -0.25) is 15.2 Å². The summed E-state index contributed by atoms with van der Waals surface area (Å²) in [7, 11) is 1.79. The molecule has 1 N–H and O–H groups in total. The summed E-state index contributed by atoms with van der Waals surface area (Å²) in [6, 6.07) is 17.4. The van der Waals surface area contributed by atoms with Gasteiger partial charge in [0.2, 0.25) is 0 Å². The van der Waals surface area contributed by atoms with Gasteiger partial charge >= 0.3 is 0 Å². The molecule has 2 aromatic carbocycles. The molecule has 0 aliphatic carbocycles. The smallest absolute Gasteiger partial charge is 0.276 e. The van der Waals surface area contributed by atoms with Gasteiger partial charge < -0.3 is 4.74 Å². The van der Waals surface area contributed by atoms with E-state index in [9.17, 15) is 4.79 Å². The lowest BCUT2D eigenvalue weighted by atomic mass is 10.2. The molecular weight excluding hydrogens is 264 g/mol. The number of nitrogens with zero attached hydrogens (tertiary/aromatic N) is 1. The van der Waals surface area contributed by atoms with Gasteiger partial charge in [-0.2, -0.15) is 0 Å². The third-order valence-corrected chi connectivity index (χ3v) is 3.14. The molecule has 0 radical (unpaired) electrons. The Kier molecular flexibility index (Phi) is 5.21. The first kappa shape index (κ1) is 14.9. The molecule has 0 saturated carbocycles. The average molecular weight is 284 g/mol. The molecule has 0 spiro atoms. The molecule has 0 aliphatic rings. The van der Waals surface area contributed by atoms with Crippen molar-refractivity contribution in [1.29, 1.82) is 0 Å². The standard InChI is InChI=1S/C17H20N2O2/c1-3-14-9-11-16(12-10-14)21-13-17(20)18-19(2)15-7-5-4-6-8-15/h4-12H,3,13H2,1-2H3,(H,18,20). The average Bonchev–Trinajstić information content (AvgIpc) is 2.54. The van der Waals surface area contributed by atoms with Crippen molar-refractivity contribution in [1.82, 2.24) is 5.43 Å². The highest BCUT2D eigenvalue weighted by Gasteiger charge is 2.06. The van der Waals surface area contributed by atoms with Crippen LogP contribution in [0, 0.1) is 0 Å². The number of rotatable bonds is 6. The molecule has 2 aromatic rings. The SMILES string of the molecule is CCc1ccc(OCC(=O)NN(C)c2ccccc2)cc1. The van der Waals surface area contributed by atoms with Gasteiger partial charge in [-0.25, -0.2) is 0 Å². The summed E-state index contributed by atoms with van der Waals surface area (Å²) >= 11 is 0. The summed E-state index contributed by atoms with van der Waals surface area (Å²) in [6.45, 7) is 2.09. The highest BCUT2D eigenvalue weighted by atomic mass is 16.5. The Hall–Kier alpha value is -2.49. The Balaban J connectivity index is 1.81. The minimum absolute atomic E-state index is 0.0113. The largest absolute Gasteiger partial charge is 0.484 e. The molecule has 4 heteroatoms. The number of para-hydroxylation sites is 1. The fourth-order valence-electron chi connectivity index (χ4n) is 1.91. The van der Waals surface area contributed by atoms with E-state index in [0.29, 0.717) is 5.75 Å². The van der Waals surface area contributed by atoms with Crippen LogP contribution in [0.3, 0.4) is 0 Å². The quantitative estimate of drug-likeness (QED) is 0.829. The maximum Gasteiger partial charge on any atom is 0.276 e. The van der Waals surface area contributed by atoms with E-state index in [1.807, 2.05) is 54.6 Å². The highest BCUT2D eigenvalue weighted by molar-refractivity contribution is 5.79. The van der Waals surface area contributed by atoms with Gasteiger partial charge in [-0.15, -0.1) is 0 Å². The summed E-state index contributed by atoms with van der Waals surface area (Å²) < 4.78 is 5.47. The summed E-state index contributed by atoms with van der Waals surface area (Å²) in [5.41, 5.74) is 4.92. The predicted octanol–water partition coefficient (Wildman–Crippen LogP) is 2.80. The van der Waals surface area contributed by atoms with Gasteiger partial charge in [0.1, 0.15) is 5.75 Å². The van der Waals surface area contributed by atoms with Crippen molar-refractivity contribution in [2.24, 2.45) is 0 Å². The Labute approximate surface area is 125 Å². The third kappa shape index (κ3) is 4.53. The minimum atomic E-state index is -0.194. The number of carbonyl (C=O) groups excluding carboxylic acids is 1. The van der Waals surface area contributed by atoms with Crippen molar-refractivity contribution in [3.8, 4) is 5.75 Å². The second-order valence-corrected chi connectivity index (χ2v) is 4.72. The van der Waals surface area contributed by atoms with Gasteiger partial charge in [-0.05, 0) is 36.2 Å². The number of aryl methyl sites for hydroxylation is 1. The van der Waals surface area contributed by atoms with Crippen LogP contribution in [0.25, 0.3) is 0 Å². The fraction of sp³-hybridized carbons (Fsp3) is 0.235. The molecule has 0 atom stereocenters. The first-order chi connectivity index (χ1) is 10.2. The normalized spacial score (nSPS) is 10.0. The van der Waals surface area contributed by atoms with E-state index in [4.69, 9.17) is 4.74 Å². The van der Waals surface area contributed by atoms with Gasteiger partial charge in [0, 0.05) is 7.05 Å². The summed E-state index contributed by atoms with van der Waals surface area (Å²) in [5.74, 6) is 0.505. The zero-order valence-electron chi connectivity index (χ0n) is 12.4. The van der Waals surface area contributed by atoms with Crippen molar-refractivity contribution in [2.45, 2.75) is 13.3 Å². The lowest BCUT2D eigenvalue weighted by molar-refractivity contribution is -0.123. The van der Waals surface area contributed by atoms with Crippen LogP contribution >= 0.6 is 0 Å². The van der Waals surface area contributed by atoms with Crippen LogP contribution in [0.1, 0.15) is 12.5 Å². The van der Waals surface area contributed by atoms with E-state index in [1.54, 1.807) is 12.1 Å². The Morgan fingerprint density at radius 1 is 1.10 bits per heavy atom. The number of hydrogen-bond acceptors (Lipinski definition) is 3. The Morgan fingerprint density at radius 2 is 1.76 bits per heavy atom. The van der Waals surface area contributed by atoms with Crippen LogP contribution < -0.4 is 15.2 Å². The maximum absolute atomic E-state index is 11.8. The second-order valence-electron chi connectivity index (χ2n) is 4.72. The zero-order chi connectivity index (χ0) is 15.1. The monoisotopic (exact) mass is 284 g/mol. The molecular formula is C17H20N2O2. The van der Waals surface area contributed by atoms with E-state index >= 15 is 0 Å². The van der Waals surface area contributed by atoms with Crippen molar-refractivity contribution in [3.63, 3.8) is 0 Å². The molecule has 0 saturated heterocycles. The molecule has 0 unspecified atom stereocenters. The molecule has 2 rings (SSSR count). The van der Waals surface area contributed by atoms with Crippen LogP contribution in [-0.2, 0) is 11.2 Å². The molecule has 0 aromatic heterocycles. The number of hydrogen-bond donors (Lipinski definition) is 1. The first-order valence-corrected chi connectivity index (χ1v) is 6.99. The van der Waals surface area contributed by atoms with Crippen LogP contribution in [0.15, 0.2) is 54.6 Å². The Bertz CT molecular complexity index is 567. The molecule has 21 heavy (non-hydrogen) atoms. The Morgan fingerprint density at radius 3 is 2.38 bits per heavy atom. The van der Waals surface area contributed by atoms with Gasteiger partial charge in [0.15, 0.2) is 6.61 Å². The predicted molar refractivity (Wildman–Crippen MR) is 84.3 cm³/mol. The van der Waals surface area contributed by atoms with E-state index in [-0.39, 0.29) is 12.5 Å². The fourth-order valence-corrected chi connectivity index (χ4v) is 1.91. The van der Waals surface area contributed by atoms with Crippen molar-refractivity contribution in [2.75, 3.05) is 18.7 Å². The van der Waals surface area contributed by atoms with E-state index in [1.165, 1.54) is 5.56 Å². The number of nitrogens with one attached hydrogen (secondary N) is 1. The summed E-state index contributed by atoms with van der Waals surface area (Å²) in [4.78, 5) is 11.8. The molecule has 110 valence electrons. The van der Waals surface area contributed by atoms with E-state index in [0.717, 1.165) is 12.1 Å². The van der Waals surface area contributed by atoms with E-state index < -0.39 is 0 Å². The second kappa shape index (κ2) is 7.33. The lowest BCUT2D eigenvalue weighted by Gasteiger charge is -2.20. The minimum Gasteiger partial charge on any atom is -0.484 e. The number of hydrazine groups is 1. The number of anilines is 1. The van der Waals surface area contributed by atoms with Gasteiger partial charge in [0.25, 0.3) is 5.91 Å². The molecule has 1 amide bonds. The van der Waals surface area contributed by atoms with Crippen molar-refractivity contribution < 1.29 is 9.53 Å². The van der Waals surface area contributed by atoms with Crippen LogP contribution in [0.4, 0.5) is 5.69 Å². The van der Waals surface area contributed by atoms with Crippen molar-refractivity contribution in [3.05, 3.63) is 60.2 Å². The molecule has 4 nitrogen and oxygen atoms in total. The summed E-state index contributed by atoms with van der Waals surface area (Å²) in [6.07, 6.45) is 0.989. The molecule has 0 bridgehead atoms. The molecule has 0 fully saturated rings. The van der Waals surface area contributed by atoms with Crippen LogP contribution in [-0.4, -0.2) is 19.6 Å². The number of ether oxygens (including phenoxy) is 1. The maximum atomic E-state index is 11.8. The first-order valence-electron chi connectivity index (χ1n) is 6.99. The number of benzene rings is 2. The van der Waals surface area contributed by atoms with E-state index in [2.05, 4.69) is 12.3 Å². The van der Waals surface area contributed by atoms with Crippen LogP contribution in [0.2, 0.25) is 0 Å². The van der Waals surface area contributed by atoms with Crippen LogP contribution in [0.5, 0.6) is 5.75 Å². The van der Waals surface area contributed by atoms with Crippen molar-refractivity contribution >= 4 is 11.6 Å². The topological polar surface area (TPSA) is 41.6 Å². The highest BCUT2D eigenvalue weighted by Crippen LogP contribution is 2.12. The van der Waals surface area contributed by atoms with Gasteiger partial charge in [0.05, 0.1) is 5.69 Å². The number of carbonyl (C=O) groups is 1. The zero-order valence-corrected chi connectivity index (χ0v) is 12.4. The molecule has 0 aliphatic heterocycles. The number of amides is 1. The summed E-state index contributed by atoms with van der Waals surface area (Å²) in [5, 5.41) is 1.67. The lowest BCUT2D eigenvalue weighted by Crippen LogP contribution is -2.41.